The Bertz CT molecular complexity index is 866. The number of rotatable bonds is 2. The first-order valence-corrected chi connectivity index (χ1v) is 7.07. The van der Waals surface area contributed by atoms with E-state index in [1.807, 2.05) is 12.1 Å². The molecule has 0 bridgehead atoms. The van der Waals surface area contributed by atoms with E-state index in [0.29, 0.717) is 0 Å². The molecule has 0 atom stereocenters. The molecule has 2 nitrogen and oxygen atoms in total. The summed E-state index contributed by atoms with van der Waals surface area (Å²) < 4.78 is 2.27. The van der Waals surface area contributed by atoms with Crippen molar-refractivity contribution in [2.75, 3.05) is 0 Å². The monoisotopic (exact) mass is 273 g/mol. The van der Waals surface area contributed by atoms with Crippen LogP contribution < -0.4 is 0 Å². The van der Waals surface area contributed by atoms with Gasteiger partial charge in [0.15, 0.2) is 0 Å². The molecule has 0 aliphatic heterocycles. The minimum Gasteiger partial charge on any atom is -0.392 e. The molecule has 0 aliphatic carbocycles. The molecule has 0 radical (unpaired) electrons. The van der Waals surface area contributed by atoms with E-state index < -0.39 is 0 Å². The molecule has 1 heterocycles. The fraction of sp³-hybridized carbons (Fsp3) is 0.0526. The van der Waals surface area contributed by atoms with Crippen LogP contribution in [0.15, 0.2) is 72.8 Å². The molecule has 0 unspecified atom stereocenters. The van der Waals surface area contributed by atoms with Gasteiger partial charge in [-0.15, -0.1) is 0 Å². The molecule has 0 saturated heterocycles. The summed E-state index contributed by atoms with van der Waals surface area (Å²) in [6, 6.07) is 25.0. The SMILES string of the molecule is OCc1ccc(-n2c3ccccc3c3ccccc32)cc1. The summed E-state index contributed by atoms with van der Waals surface area (Å²) >= 11 is 0. The third kappa shape index (κ3) is 1.84. The molecule has 0 amide bonds. The van der Waals surface area contributed by atoms with Gasteiger partial charge in [-0.25, -0.2) is 0 Å². The number of benzene rings is 3. The van der Waals surface area contributed by atoms with Crippen LogP contribution in [0.25, 0.3) is 27.5 Å². The summed E-state index contributed by atoms with van der Waals surface area (Å²) in [7, 11) is 0. The average Bonchev–Trinajstić information content (AvgIpc) is 2.90. The van der Waals surface area contributed by atoms with Crippen molar-refractivity contribution < 1.29 is 5.11 Å². The minimum atomic E-state index is 0.0768. The van der Waals surface area contributed by atoms with Crippen LogP contribution in [0.3, 0.4) is 0 Å². The highest BCUT2D eigenvalue weighted by Crippen LogP contribution is 2.31. The van der Waals surface area contributed by atoms with Gasteiger partial charge in [-0.3, -0.25) is 0 Å². The van der Waals surface area contributed by atoms with Gasteiger partial charge >= 0.3 is 0 Å². The number of hydrogen-bond donors (Lipinski definition) is 1. The number of hydrogen-bond acceptors (Lipinski definition) is 1. The van der Waals surface area contributed by atoms with E-state index in [-0.39, 0.29) is 6.61 Å². The molecule has 0 saturated carbocycles. The van der Waals surface area contributed by atoms with E-state index in [0.717, 1.165) is 11.3 Å². The summed E-state index contributed by atoms with van der Waals surface area (Å²) in [6.45, 7) is 0.0768. The van der Waals surface area contributed by atoms with Gasteiger partial charge in [0.05, 0.1) is 17.6 Å². The Balaban J connectivity index is 2.09. The van der Waals surface area contributed by atoms with Crippen LogP contribution in [0.5, 0.6) is 0 Å². The largest absolute Gasteiger partial charge is 0.392 e. The number of fused-ring (bicyclic) bond motifs is 3. The summed E-state index contributed by atoms with van der Waals surface area (Å²) in [5.41, 5.74) is 4.45. The quantitative estimate of drug-likeness (QED) is 0.579. The van der Waals surface area contributed by atoms with Crippen molar-refractivity contribution in [3.05, 3.63) is 78.4 Å². The molecule has 1 aromatic heterocycles. The first kappa shape index (κ1) is 12.2. The maximum atomic E-state index is 9.20. The molecule has 4 aromatic rings. The van der Waals surface area contributed by atoms with E-state index in [1.54, 1.807) is 0 Å². The van der Waals surface area contributed by atoms with Gasteiger partial charge < -0.3 is 9.67 Å². The van der Waals surface area contributed by atoms with Crippen molar-refractivity contribution in [3.8, 4) is 5.69 Å². The van der Waals surface area contributed by atoms with Gasteiger partial charge in [0.2, 0.25) is 0 Å². The van der Waals surface area contributed by atoms with Crippen LogP contribution in [0.4, 0.5) is 0 Å². The second-order valence-electron chi connectivity index (χ2n) is 5.19. The standard InChI is InChI=1S/C19H15NO/c21-13-14-9-11-15(12-10-14)20-18-7-3-1-5-16(18)17-6-2-4-8-19(17)20/h1-12,21H,13H2. The number of aliphatic hydroxyl groups is 1. The first-order valence-electron chi connectivity index (χ1n) is 7.07. The molecule has 4 rings (SSSR count). The fourth-order valence-electron chi connectivity index (χ4n) is 2.95. The van der Waals surface area contributed by atoms with Crippen molar-refractivity contribution in [2.24, 2.45) is 0 Å². The second kappa shape index (κ2) is 4.76. The van der Waals surface area contributed by atoms with Crippen molar-refractivity contribution >= 4 is 21.8 Å². The molecule has 3 aromatic carbocycles. The molecular formula is C19H15NO. The maximum absolute atomic E-state index is 9.20. The molecule has 0 spiro atoms. The van der Waals surface area contributed by atoms with Crippen molar-refractivity contribution in [1.29, 1.82) is 0 Å². The topological polar surface area (TPSA) is 25.2 Å². The summed E-state index contributed by atoms with van der Waals surface area (Å²) in [5.74, 6) is 0. The normalized spacial score (nSPS) is 11.3. The highest BCUT2D eigenvalue weighted by atomic mass is 16.3. The van der Waals surface area contributed by atoms with E-state index in [1.165, 1.54) is 21.8 Å². The van der Waals surface area contributed by atoms with Crippen LogP contribution in [-0.2, 0) is 6.61 Å². The molecule has 0 aliphatic rings. The Morgan fingerprint density at radius 2 is 1.19 bits per heavy atom. The molecule has 2 heteroatoms. The summed E-state index contributed by atoms with van der Waals surface area (Å²) in [5, 5.41) is 11.7. The molecule has 102 valence electrons. The zero-order chi connectivity index (χ0) is 14.2. The third-order valence-corrected chi connectivity index (χ3v) is 3.96. The Labute approximate surface area is 122 Å². The molecule has 21 heavy (non-hydrogen) atoms. The van der Waals surface area contributed by atoms with Crippen molar-refractivity contribution in [2.45, 2.75) is 6.61 Å². The van der Waals surface area contributed by atoms with Gasteiger partial charge in [0, 0.05) is 16.5 Å². The zero-order valence-electron chi connectivity index (χ0n) is 11.5. The van der Waals surface area contributed by atoms with E-state index in [9.17, 15) is 5.11 Å². The predicted octanol–water partition coefficient (Wildman–Crippen LogP) is 4.28. The van der Waals surface area contributed by atoms with Gasteiger partial charge in [-0.1, -0.05) is 48.5 Å². The highest BCUT2D eigenvalue weighted by molar-refractivity contribution is 6.09. The van der Waals surface area contributed by atoms with Crippen molar-refractivity contribution in [1.82, 2.24) is 4.57 Å². The maximum Gasteiger partial charge on any atom is 0.0681 e. The van der Waals surface area contributed by atoms with Crippen LogP contribution in [0.1, 0.15) is 5.56 Å². The Hall–Kier alpha value is -2.58. The highest BCUT2D eigenvalue weighted by Gasteiger charge is 2.10. The zero-order valence-corrected chi connectivity index (χ0v) is 11.5. The lowest BCUT2D eigenvalue weighted by molar-refractivity contribution is 0.282. The van der Waals surface area contributed by atoms with E-state index in [4.69, 9.17) is 0 Å². The summed E-state index contributed by atoms with van der Waals surface area (Å²) in [6.07, 6.45) is 0. The second-order valence-corrected chi connectivity index (χ2v) is 5.19. The van der Waals surface area contributed by atoms with Crippen LogP contribution in [-0.4, -0.2) is 9.67 Å². The van der Waals surface area contributed by atoms with Crippen LogP contribution in [0, 0.1) is 0 Å². The molecule has 1 N–H and O–H groups in total. The summed E-state index contributed by atoms with van der Waals surface area (Å²) in [4.78, 5) is 0. The fourth-order valence-corrected chi connectivity index (χ4v) is 2.95. The molecule has 0 fully saturated rings. The first-order chi connectivity index (χ1) is 10.4. The Morgan fingerprint density at radius 1 is 0.667 bits per heavy atom. The number of para-hydroxylation sites is 2. The van der Waals surface area contributed by atoms with E-state index in [2.05, 4.69) is 65.2 Å². The Kier molecular flexibility index (Phi) is 2.76. The molecular weight excluding hydrogens is 258 g/mol. The number of nitrogens with zero attached hydrogens (tertiary/aromatic N) is 1. The lowest BCUT2D eigenvalue weighted by Gasteiger charge is -2.08. The van der Waals surface area contributed by atoms with E-state index >= 15 is 0 Å². The van der Waals surface area contributed by atoms with Gasteiger partial charge in [0.1, 0.15) is 0 Å². The lowest BCUT2D eigenvalue weighted by Crippen LogP contribution is -1.94. The average molecular weight is 273 g/mol. The van der Waals surface area contributed by atoms with Gasteiger partial charge in [-0.05, 0) is 29.8 Å². The van der Waals surface area contributed by atoms with Gasteiger partial charge in [-0.2, -0.15) is 0 Å². The van der Waals surface area contributed by atoms with Gasteiger partial charge in [0.25, 0.3) is 0 Å². The smallest absolute Gasteiger partial charge is 0.0681 e. The predicted molar refractivity (Wildman–Crippen MR) is 86.7 cm³/mol. The minimum absolute atomic E-state index is 0.0768. The third-order valence-electron chi connectivity index (χ3n) is 3.96. The lowest BCUT2D eigenvalue weighted by atomic mass is 10.2. The Morgan fingerprint density at radius 3 is 1.71 bits per heavy atom. The van der Waals surface area contributed by atoms with Crippen LogP contribution >= 0.6 is 0 Å². The van der Waals surface area contributed by atoms with Crippen LogP contribution in [0.2, 0.25) is 0 Å². The number of aliphatic hydroxyl groups excluding tert-OH is 1. The van der Waals surface area contributed by atoms with Crippen molar-refractivity contribution in [3.63, 3.8) is 0 Å². The number of aromatic nitrogens is 1.